The number of likely N-dealkylation sites (tertiary alicyclic amines) is 1. The van der Waals surface area contributed by atoms with Crippen molar-refractivity contribution in [3.05, 3.63) is 35.9 Å². The van der Waals surface area contributed by atoms with Crippen LogP contribution in [0.15, 0.2) is 24.5 Å². The molecule has 0 N–H and O–H groups in total. The fourth-order valence-corrected chi connectivity index (χ4v) is 4.98. The molecule has 5 rings (SSSR count). The van der Waals surface area contributed by atoms with E-state index in [1.165, 1.54) is 19.3 Å². The molecule has 1 spiro atoms. The van der Waals surface area contributed by atoms with Gasteiger partial charge in [-0.05, 0) is 49.1 Å². The van der Waals surface area contributed by atoms with Gasteiger partial charge >= 0.3 is 0 Å². The van der Waals surface area contributed by atoms with Crippen LogP contribution in [0.2, 0.25) is 0 Å². The molecule has 1 unspecified atom stereocenters. The summed E-state index contributed by atoms with van der Waals surface area (Å²) < 4.78 is 12.9. The second kappa shape index (κ2) is 7.04. The van der Waals surface area contributed by atoms with Crippen LogP contribution >= 0.6 is 0 Å². The minimum atomic E-state index is 0.0317. The van der Waals surface area contributed by atoms with Crippen LogP contribution in [0.3, 0.4) is 0 Å². The summed E-state index contributed by atoms with van der Waals surface area (Å²) in [5.74, 6) is 3.38. The number of carbonyl (C=O) groups excluding carboxylic acids is 1. The van der Waals surface area contributed by atoms with Crippen molar-refractivity contribution in [1.82, 2.24) is 19.7 Å². The molecular formula is C22H28N4O3. The first-order valence-electron chi connectivity index (χ1n) is 10.5. The number of rotatable bonds is 6. The summed E-state index contributed by atoms with van der Waals surface area (Å²) >= 11 is 0. The van der Waals surface area contributed by atoms with Crippen LogP contribution in [0.5, 0.6) is 11.5 Å². The molecule has 2 aromatic rings. The quantitative estimate of drug-likeness (QED) is 0.750. The molecule has 1 saturated heterocycles. The maximum atomic E-state index is 13.4. The predicted molar refractivity (Wildman–Crippen MR) is 107 cm³/mol. The molecule has 1 aliphatic heterocycles. The van der Waals surface area contributed by atoms with Crippen molar-refractivity contribution in [1.29, 1.82) is 0 Å². The lowest BCUT2D eigenvalue weighted by Crippen LogP contribution is -2.38. The van der Waals surface area contributed by atoms with E-state index in [4.69, 9.17) is 9.47 Å². The van der Waals surface area contributed by atoms with Crippen LogP contribution in [0.4, 0.5) is 0 Å². The number of carbonyl (C=O) groups is 1. The molecule has 2 heterocycles. The van der Waals surface area contributed by atoms with Gasteiger partial charge in [0.25, 0.3) is 5.91 Å². The molecule has 3 aliphatic rings. The Balaban J connectivity index is 1.42. The summed E-state index contributed by atoms with van der Waals surface area (Å²) in [7, 11) is 3.20. The highest BCUT2D eigenvalue weighted by atomic mass is 16.5. The van der Waals surface area contributed by atoms with E-state index in [0.29, 0.717) is 23.6 Å². The average molecular weight is 396 g/mol. The Morgan fingerprint density at radius 3 is 2.48 bits per heavy atom. The maximum absolute atomic E-state index is 13.4. The van der Waals surface area contributed by atoms with Gasteiger partial charge < -0.3 is 18.9 Å². The first kappa shape index (κ1) is 18.5. The molecule has 2 saturated carbocycles. The number of ether oxygens (including phenoxy) is 2. The summed E-state index contributed by atoms with van der Waals surface area (Å²) in [5, 5.41) is 8.73. The Labute approximate surface area is 171 Å². The molecule has 1 amide bonds. The fraction of sp³-hybridized carbons (Fsp3) is 0.591. The molecular weight excluding hydrogens is 368 g/mol. The minimum absolute atomic E-state index is 0.0317. The van der Waals surface area contributed by atoms with Crippen molar-refractivity contribution in [3.63, 3.8) is 0 Å². The third kappa shape index (κ3) is 3.26. The number of benzene rings is 1. The molecule has 0 radical (unpaired) electrons. The van der Waals surface area contributed by atoms with Crippen LogP contribution in [0.1, 0.15) is 54.2 Å². The normalized spacial score (nSPS) is 22.6. The van der Waals surface area contributed by atoms with E-state index in [1.54, 1.807) is 32.4 Å². The Morgan fingerprint density at radius 2 is 1.90 bits per heavy atom. The molecule has 7 nitrogen and oxygen atoms in total. The van der Waals surface area contributed by atoms with E-state index >= 15 is 0 Å². The standard InChI is InChI=1S/C22H28N4O3/c1-28-17-8-16(9-18(10-17)29-2)21(27)25-12-19(22(13-25)6-3-7-22)20-24-23-14-26(20)11-15-4-5-15/h8-10,14-15,19H,3-7,11-13H2,1-2H3. The fourth-order valence-electron chi connectivity index (χ4n) is 4.98. The van der Waals surface area contributed by atoms with Gasteiger partial charge in [0, 0.05) is 37.2 Å². The molecule has 29 heavy (non-hydrogen) atoms. The van der Waals surface area contributed by atoms with Gasteiger partial charge in [0.05, 0.1) is 14.2 Å². The number of hydrogen-bond donors (Lipinski definition) is 0. The molecule has 0 bridgehead atoms. The lowest BCUT2D eigenvalue weighted by molar-refractivity contribution is 0.0722. The second-order valence-corrected chi connectivity index (χ2v) is 8.84. The Hall–Kier alpha value is -2.57. The van der Waals surface area contributed by atoms with Crippen LogP contribution < -0.4 is 9.47 Å². The van der Waals surface area contributed by atoms with Crippen molar-refractivity contribution >= 4 is 5.91 Å². The van der Waals surface area contributed by atoms with Crippen LogP contribution in [0.25, 0.3) is 0 Å². The zero-order valence-corrected chi connectivity index (χ0v) is 17.1. The van der Waals surface area contributed by atoms with Crippen molar-refractivity contribution in [2.24, 2.45) is 11.3 Å². The van der Waals surface area contributed by atoms with Gasteiger partial charge in [-0.15, -0.1) is 10.2 Å². The molecule has 1 aromatic carbocycles. The summed E-state index contributed by atoms with van der Waals surface area (Å²) in [6.07, 6.45) is 8.00. The van der Waals surface area contributed by atoms with Gasteiger partial charge in [-0.2, -0.15) is 0 Å². The Morgan fingerprint density at radius 1 is 1.17 bits per heavy atom. The highest BCUT2D eigenvalue weighted by Gasteiger charge is 2.53. The molecule has 2 aliphatic carbocycles. The van der Waals surface area contributed by atoms with Gasteiger partial charge in [0.1, 0.15) is 23.7 Å². The van der Waals surface area contributed by atoms with Crippen LogP contribution in [-0.4, -0.2) is 52.9 Å². The van der Waals surface area contributed by atoms with Gasteiger partial charge in [-0.1, -0.05) is 6.42 Å². The van der Waals surface area contributed by atoms with E-state index in [9.17, 15) is 4.79 Å². The van der Waals surface area contributed by atoms with Crippen molar-refractivity contribution < 1.29 is 14.3 Å². The number of aromatic nitrogens is 3. The maximum Gasteiger partial charge on any atom is 0.254 e. The van der Waals surface area contributed by atoms with Crippen molar-refractivity contribution in [2.75, 3.05) is 27.3 Å². The third-order valence-electron chi connectivity index (χ3n) is 6.99. The molecule has 154 valence electrons. The van der Waals surface area contributed by atoms with Crippen molar-refractivity contribution in [3.8, 4) is 11.5 Å². The number of nitrogens with zero attached hydrogens (tertiary/aromatic N) is 4. The van der Waals surface area contributed by atoms with Crippen LogP contribution in [-0.2, 0) is 6.54 Å². The van der Waals surface area contributed by atoms with Gasteiger partial charge in [0.15, 0.2) is 0 Å². The minimum Gasteiger partial charge on any atom is -0.497 e. The highest BCUT2D eigenvalue weighted by molar-refractivity contribution is 5.95. The molecule has 7 heteroatoms. The Bertz CT molecular complexity index is 894. The van der Waals surface area contributed by atoms with Crippen LogP contribution in [0, 0.1) is 11.3 Å². The van der Waals surface area contributed by atoms with Gasteiger partial charge in [-0.25, -0.2) is 0 Å². The lowest BCUT2D eigenvalue weighted by atomic mass is 9.62. The summed E-state index contributed by atoms with van der Waals surface area (Å²) in [6.45, 7) is 2.49. The molecule has 3 fully saturated rings. The summed E-state index contributed by atoms with van der Waals surface area (Å²) in [5.41, 5.74) is 0.753. The van der Waals surface area contributed by atoms with E-state index in [1.807, 2.05) is 11.2 Å². The molecule has 1 atom stereocenters. The van der Waals surface area contributed by atoms with Crippen molar-refractivity contribution in [2.45, 2.75) is 44.6 Å². The second-order valence-electron chi connectivity index (χ2n) is 8.84. The van der Waals surface area contributed by atoms with E-state index < -0.39 is 0 Å². The number of amides is 1. The summed E-state index contributed by atoms with van der Waals surface area (Å²) in [4.78, 5) is 15.4. The smallest absolute Gasteiger partial charge is 0.254 e. The summed E-state index contributed by atoms with van der Waals surface area (Å²) in [6, 6.07) is 5.37. The van der Waals surface area contributed by atoms with Gasteiger partial charge in [0.2, 0.25) is 0 Å². The largest absolute Gasteiger partial charge is 0.497 e. The topological polar surface area (TPSA) is 69.5 Å². The Kier molecular flexibility index (Phi) is 4.48. The zero-order valence-electron chi connectivity index (χ0n) is 17.1. The SMILES string of the molecule is COc1cc(OC)cc(C(=O)N2CC(c3nncn3CC3CC3)C3(CCC3)C2)c1. The third-order valence-corrected chi connectivity index (χ3v) is 6.99. The molecule has 1 aromatic heterocycles. The van der Waals surface area contributed by atoms with E-state index in [0.717, 1.165) is 37.7 Å². The average Bonchev–Trinajstić information content (AvgIpc) is 3.25. The first-order chi connectivity index (χ1) is 14.1. The van der Waals surface area contributed by atoms with E-state index in [-0.39, 0.29) is 17.2 Å². The number of hydrogen-bond acceptors (Lipinski definition) is 5. The van der Waals surface area contributed by atoms with Gasteiger partial charge in [-0.3, -0.25) is 4.79 Å². The highest BCUT2D eigenvalue weighted by Crippen LogP contribution is 2.55. The predicted octanol–water partition coefficient (Wildman–Crippen LogP) is 3.12. The number of methoxy groups -OCH3 is 2. The monoisotopic (exact) mass is 396 g/mol. The van der Waals surface area contributed by atoms with E-state index in [2.05, 4.69) is 14.8 Å². The lowest BCUT2D eigenvalue weighted by Gasteiger charge is -2.42. The zero-order chi connectivity index (χ0) is 20.0. The first-order valence-corrected chi connectivity index (χ1v) is 10.5.